The minimum Gasteiger partial charge on any atom is -0.390 e. The third kappa shape index (κ3) is 2.55. The molecule has 2 heteroatoms. The van der Waals surface area contributed by atoms with Crippen molar-refractivity contribution >= 4 is 15.9 Å². The zero-order chi connectivity index (χ0) is 9.31. The molecular formula is C11H13BrO. The van der Waals surface area contributed by atoms with Crippen molar-refractivity contribution in [1.82, 2.24) is 0 Å². The van der Waals surface area contributed by atoms with Crippen LogP contribution in [0.3, 0.4) is 0 Å². The molecule has 0 saturated heterocycles. The normalized spacial score (nSPS) is 18.6. The summed E-state index contributed by atoms with van der Waals surface area (Å²) in [7, 11) is 0. The van der Waals surface area contributed by atoms with E-state index in [-0.39, 0.29) is 5.60 Å². The van der Waals surface area contributed by atoms with Crippen LogP contribution in [0, 0.1) is 0 Å². The van der Waals surface area contributed by atoms with Gasteiger partial charge in [-0.1, -0.05) is 28.1 Å². The molecule has 1 aliphatic carbocycles. The van der Waals surface area contributed by atoms with Crippen LogP contribution in [0.5, 0.6) is 0 Å². The zero-order valence-corrected chi connectivity index (χ0v) is 9.05. The Labute approximate surface area is 86.9 Å². The second kappa shape index (κ2) is 3.43. The average Bonchev–Trinajstić information content (AvgIpc) is 2.82. The van der Waals surface area contributed by atoms with Gasteiger partial charge in [0.05, 0.1) is 5.60 Å². The Bertz CT molecular complexity index is 305. The molecule has 0 amide bonds. The first-order chi connectivity index (χ1) is 6.18. The average molecular weight is 241 g/mol. The minimum absolute atomic E-state index is 0.317. The van der Waals surface area contributed by atoms with Crippen molar-refractivity contribution in [3.8, 4) is 0 Å². The summed E-state index contributed by atoms with van der Waals surface area (Å²) < 4.78 is 1.12. The van der Waals surface area contributed by atoms with Gasteiger partial charge in [-0.15, -0.1) is 0 Å². The van der Waals surface area contributed by atoms with Crippen LogP contribution in [0.4, 0.5) is 0 Å². The summed E-state index contributed by atoms with van der Waals surface area (Å²) in [6.45, 7) is 0. The van der Waals surface area contributed by atoms with E-state index in [1.807, 2.05) is 12.1 Å². The fourth-order valence-electron chi connectivity index (χ4n) is 1.46. The molecule has 0 aromatic heterocycles. The zero-order valence-electron chi connectivity index (χ0n) is 7.46. The SMILES string of the molecule is OC1(CCc2cccc(Br)c2)CC1. The molecule has 0 heterocycles. The lowest BCUT2D eigenvalue weighted by Crippen LogP contribution is -2.07. The molecule has 1 nitrogen and oxygen atoms in total. The van der Waals surface area contributed by atoms with Crippen LogP contribution < -0.4 is 0 Å². The maximum Gasteiger partial charge on any atom is 0.0653 e. The summed E-state index contributed by atoms with van der Waals surface area (Å²) in [5.41, 5.74) is 0.984. The lowest BCUT2D eigenvalue weighted by molar-refractivity contribution is 0.140. The van der Waals surface area contributed by atoms with Gasteiger partial charge >= 0.3 is 0 Å². The minimum atomic E-state index is -0.317. The van der Waals surface area contributed by atoms with E-state index in [0.717, 1.165) is 30.2 Å². The Hall–Kier alpha value is -0.340. The number of halogens is 1. The van der Waals surface area contributed by atoms with Crippen LogP contribution in [-0.4, -0.2) is 10.7 Å². The molecule has 0 spiro atoms. The summed E-state index contributed by atoms with van der Waals surface area (Å²) in [6, 6.07) is 8.29. The van der Waals surface area contributed by atoms with Crippen molar-refractivity contribution < 1.29 is 5.11 Å². The molecule has 0 radical (unpaired) electrons. The second-order valence-electron chi connectivity index (χ2n) is 3.85. The summed E-state index contributed by atoms with van der Waals surface area (Å²) in [5.74, 6) is 0. The van der Waals surface area contributed by atoms with Crippen LogP contribution in [0.15, 0.2) is 28.7 Å². The van der Waals surface area contributed by atoms with Crippen LogP contribution >= 0.6 is 15.9 Å². The molecule has 1 saturated carbocycles. The smallest absolute Gasteiger partial charge is 0.0653 e. The van der Waals surface area contributed by atoms with Crippen LogP contribution in [-0.2, 0) is 6.42 Å². The number of aryl methyl sites for hydroxylation is 1. The molecule has 1 fully saturated rings. The maximum absolute atomic E-state index is 9.65. The predicted octanol–water partition coefficient (Wildman–Crippen LogP) is 2.91. The quantitative estimate of drug-likeness (QED) is 0.862. The molecule has 0 unspecified atom stereocenters. The van der Waals surface area contributed by atoms with Gasteiger partial charge in [-0.25, -0.2) is 0 Å². The lowest BCUT2D eigenvalue weighted by atomic mass is 10.1. The molecule has 1 aromatic carbocycles. The summed E-state index contributed by atoms with van der Waals surface area (Å²) in [6.07, 6.45) is 3.86. The highest BCUT2D eigenvalue weighted by molar-refractivity contribution is 9.10. The molecule has 0 atom stereocenters. The predicted molar refractivity (Wildman–Crippen MR) is 56.6 cm³/mol. The van der Waals surface area contributed by atoms with Gasteiger partial charge in [0, 0.05) is 4.47 Å². The van der Waals surface area contributed by atoms with Gasteiger partial charge < -0.3 is 5.11 Å². The Morgan fingerprint density at radius 2 is 2.15 bits per heavy atom. The van der Waals surface area contributed by atoms with Crippen molar-refractivity contribution in [1.29, 1.82) is 0 Å². The number of hydrogen-bond acceptors (Lipinski definition) is 1. The van der Waals surface area contributed by atoms with Gasteiger partial charge in [0.1, 0.15) is 0 Å². The van der Waals surface area contributed by atoms with Crippen LogP contribution in [0.2, 0.25) is 0 Å². The van der Waals surface area contributed by atoms with E-state index in [0.29, 0.717) is 0 Å². The van der Waals surface area contributed by atoms with Crippen molar-refractivity contribution in [3.05, 3.63) is 34.3 Å². The number of hydrogen-bond donors (Lipinski definition) is 1. The highest BCUT2D eigenvalue weighted by Crippen LogP contribution is 2.39. The third-order valence-electron chi connectivity index (χ3n) is 2.60. The molecular weight excluding hydrogens is 228 g/mol. The number of rotatable bonds is 3. The molecule has 2 rings (SSSR count). The first kappa shape index (κ1) is 9.22. The monoisotopic (exact) mass is 240 g/mol. The van der Waals surface area contributed by atoms with E-state index in [1.165, 1.54) is 5.56 Å². The maximum atomic E-state index is 9.65. The Morgan fingerprint density at radius 3 is 2.77 bits per heavy atom. The van der Waals surface area contributed by atoms with Crippen molar-refractivity contribution in [2.45, 2.75) is 31.3 Å². The topological polar surface area (TPSA) is 20.2 Å². The van der Waals surface area contributed by atoms with E-state index in [4.69, 9.17) is 0 Å². The molecule has 0 bridgehead atoms. The van der Waals surface area contributed by atoms with Crippen molar-refractivity contribution in [2.75, 3.05) is 0 Å². The van der Waals surface area contributed by atoms with Gasteiger partial charge in [-0.3, -0.25) is 0 Å². The highest BCUT2D eigenvalue weighted by Gasteiger charge is 2.39. The molecule has 1 aliphatic rings. The summed E-state index contributed by atoms with van der Waals surface area (Å²) in [4.78, 5) is 0. The molecule has 1 N–H and O–H groups in total. The van der Waals surface area contributed by atoms with Crippen molar-refractivity contribution in [3.63, 3.8) is 0 Å². The van der Waals surface area contributed by atoms with Gasteiger partial charge in [-0.2, -0.15) is 0 Å². The van der Waals surface area contributed by atoms with E-state index < -0.39 is 0 Å². The standard InChI is InChI=1S/C11H13BrO/c12-10-3-1-2-9(8-10)4-5-11(13)6-7-11/h1-3,8,13H,4-7H2. The number of benzene rings is 1. The van der Waals surface area contributed by atoms with Gasteiger partial charge in [-0.05, 0) is 43.4 Å². The van der Waals surface area contributed by atoms with Crippen molar-refractivity contribution in [2.24, 2.45) is 0 Å². The van der Waals surface area contributed by atoms with Crippen LogP contribution in [0.25, 0.3) is 0 Å². The number of aliphatic hydroxyl groups is 1. The third-order valence-corrected chi connectivity index (χ3v) is 3.09. The highest BCUT2D eigenvalue weighted by atomic mass is 79.9. The summed E-state index contributed by atoms with van der Waals surface area (Å²) >= 11 is 3.44. The molecule has 70 valence electrons. The Balaban J connectivity index is 1.94. The molecule has 1 aromatic rings. The molecule has 0 aliphatic heterocycles. The fraction of sp³-hybridized carbons (Fsp3) is 0.455. The van der Waals surface area contributed by atoms with E-state index in [2.05, 4.69) is 28.1 Å². The first-order valence-electron chi connectivity index (χ1n) is 4.65. The lowest BCUT2D eigenvalue weighted by Gasteiger charge is -2.06. The van der Waals surface area contributed by atoms with E-state index in [1.54, 1.807) is 0 Å². The summed E-state index contributed by atoms with van der Waals surface area (Å²) in [5, 5.41) is 9.65. The molecule has 13 heavy (non-hydrogen) atoms. The van der Waals surface area contributed by atoms with Gasteiger partial charge in [0.15, 0.2) is 0 Å². The Morgan fingerprint density at radius 1 is 1.38 bits per heavy atom. The second-order valence-corrected chi connectivity index (χ2v) is 4.77. The van der Waals surface area contributed by atoms with Crippen LogP contribution in [0.1, 0.15) is 24.8 Å². The van der Waals surface area contributed by atoms with Gasteiger partial charge in [0.2, 0.25) is 0 Å². The van der Waals surface area contributed by atoms with E-state index >= 15 is 0 Å². The van der Waals surface area contributed by atoms with E-state index in [9.17, 15) is 5.11 Å². The van der Waals surface area contributed by atoms with Gasteiger partial charge in [0.25, 0.3) is 0 Å². The fourth-order valence-corrected chi connectivity index (χ4v) is 1.91. The largest absolute Gasteiger partial charge is 0.390 e. The first-order valence-corrected chi connectivity index (χ1v) is 5.44. The Kier molecular flexibility index (Phi) is 2.43.